The molecule has 0 bridgehead atoms. The predicted molar refractivity (Wildman–Crippen MR) is 174 cm³/mol. The lowest BCUT2D eigenvalue weighted by Crippen LogP contribution is -2.38. The molecule has 3 saturated carbocycles. The van der Waals surface area contributed by atoms with Gasteiger partial charge in [0.25, 0.3) is 0 Å². The standard InChI is InChI=1S/C38H41N5O2/c1-21-12-25(31-19-39-35(41-31)30-15-27-14-28(27)16-30)10-8-23(21)6-7-24-9-11-26(13-22(24)2)32-20-40-36(42-32)34-18-29-17-33(29)43(34)37(44)45-38(3,4)5/h8-13,19-20,27-30,33-34H,14-18H2,1-5H3,(H,39,41)(H,40,42)/t27-,28+,29-,30-,33-,34+/m1/s1. The summed E-state index contributed by atoms with van der Waals surface area (Å²) in [6.45, 7) is 9.94. The lowest BCUT2D eigenvalue weighted by Gasteiger charge is -2.29. The van der Waals surface area contributed by atoms with Crippen molar-refractivity contribution in [2.45, 2.75) is 90.3 Å². The third-order valence-electron chi connectivity index (χ3n) is 10.2. The van der Waals surface area contributed by atoms with E-state index in [2.05, 4.69) is 78.3 Å². The van der Waals surface area contributed by atoms with E-state index in [-0.39, 0.29) is 18.2 Å². The van der Waals surface area contributed by atoms with E-state index in [1.54, 1.807) is 0 Å². The number of hydrogen-bond donors (Lipinski definition) is 2. The summed E-state index contributed by atoms with van der Waals surface area (Å²) in [5.41, 5.74) is 7.80. The van der Waals surface area contributed by atoms with E-state index in [0.29, 0.717) is 11.8 Å². The first-order chi connectivity index (χ1) is 21.6. The number of carbonyl (C=O) groups is 1. The molecule has 3 heterocycles. The molecule has 230 valence electrons. The van der Waals surface area contributed by atoms with E-state index in [9.17, 15) is 4.79 Å². The number of ether oxygens (including phenoxy) is 1. The van der Waals surface area contributed by atoms with Crippen LogP contribution in [-0.4, -0.2) is 42.6 Å². The Morgan fingerprint density at radius 1 is 0.800 bits per heavy atom. The average molecular weight is 600 g/mol. The van der Waals surface area contributed by atoms with Crippen molar-refractivity contribution in [3.05, 3.63) is 82.7 Å². The molecule has 4 aromatic rings. The second-order valence-electron chi connectivity index (χ2n) is 14.8. The van der Waals surface area contributed by atoms with Crippen LogP contribution in [-0.2, 0) is 4.74 Å². The summed E-state index contributed by atoms with van der Waals surface area (Å²) in [6.07, 6.45) is 9.75. The van der Waals surface area contributed by atoms with Crippen LogP contribution in [0.3, 0.4) is 0 Å². The molecule has 8 rings (SSSR count). The van der Waals surface area contributed by atoms with E-state index in [1.807, 2.05) is 31.9 Å². The lowest BCUT2D eigenvalue weighted by molar-refractivity contribution is 0.0175. The summed E-state index contributed by atoms with van der Waals surface area (Å²) in [4.78, 5) is 31.6. The minimum Gasteiger partial charge on any atom is -0.444 e. The number of aryl methyl sites for hydroxylation is 2. The Hall–Kier alpha value is -4.31. The maximum Gasteiger partial charge on any atom is 0.411 e. The molecule has 6 atom stereocenters. The van der Waals surface area contributed by atoms with Gasteiger partial charge in [-0.2, -0.15) is 0 Å². The number of imidazole rings is 2. The first-order valence-electron chi connectivity index (χ1n) is 16.5. The van der Waals surface area contributed by atoms with Gasteiger partial charge in [-0.15, -0.1) is 0 Å². The number of fused-ring (bicyclic) bond motifs is 2. The van der Waals surface area contributed by atoms with Gasteiger partial charge >= 0.3 is 6.09 Å². The number of piperidine rings is 1. The summed E-state index contributed by atoms with van der Waals surface area (Å²) < 4.78 is 5.73. The van der Waals surface area contributed by atoms with Crippen LogP contribution in [0.25, 0.3) is 22.5 Å². The minimum absolute atomic E-state index is 0.0777. The van der Waals surface area contributed by atoms with Crippen LogP contribution in [0.1, 0.15) is 98.7 Å². The number of benzene rings is 2. The molecule has 4 fully saturated rings. The van der Waals surface area contributed by atoms with E-state index < -0.39 is 5.60 Å². The monoisotopic (exact) mass is 599 g/mol. The Kier molecular flexibility index (Phi) is 6.50. The van der Waals surface area contributed by atoms with Gasteiger partial charge in [0, 0.05) is 46.6 Å². The van der Waals surface area contributed by atoms with Crippen molar-refractivity contribution >= 4 is 6.09 Å². The molecular weight excluding hydrogens is 558 g/mol. The summed E-state index contributed by atoms with van der Waals surface area (Å²) in [6, 6.07) is 12.9. The zero-order valence-corrected chi connectivity index (χ0v) is 26.8. The number of nitrogens with zero attached hydrogens (tertiary/aromatic N) is 3. The molecule has 7 heteroatoms. The number of H-pyrrole nitrogens is 2. The highest BCUT2D eigenvalue weighted by atomic mass is 16.6. The third-order valence-corrected chi connectivity index (χ3v) is 10.2. The number of rotatable bonds is 4. The van der Waals surface area contributed by atoms with Gasteiger partial charge in [-0.1, -0.05) is 24.0 Å². The van der Waals surface area contributed by atoms with Gasteiger partial charge in [0.15, 0.2) is 0 Å². The van der Waals surface area contributed by atoms with Crippen LogP contribution in [0, 0.1) is 43.4 Å². The van der Waals surface area contributed by atoms with Gasteiger partial charge in [-0.25, -0.2) is 14.8 Å². The van der Waals surface area contributed by atoms with E-state index in [4.69, 9.17) is 14.7 Å². The molecule has 2 aromatic heterocycles. The van der Waals surface area contributed by atoms with E-state index in [0.717, 1.165) is 81.1 Å². The maximum atomic E-state index is 13.0. The number of hydrogen-bond acceptors (Lipinski definition) is 4. The van der Waals surface area contributed by atoms with Gasteiger partial charge in [0.05, 0.1) is 17.4 Å². The van der Waals surface area contributed by atoms with Crippen molar-refractivity contribution in [1.29, 1.82) is 0 Å². The fraction of sp³-hybridized carbons (Fsp3) is 0.447. The van der Waals surface area contributed by atoms with Crippen molar-refractivity contribution in [3.63, 3.8) is 0 Å². The molecular formula is C38H41N5O2. The summed E-state index contributed by atoms with van der Waals surface area (Å²) in [5, 5.41) is 0. The quantitative estimate of drug-likeness (QED) is 0.232. The van der Waals surface area contributed by atoms with Gasteiger partial charge in [-0.3, -0.25) is 4.90 Å². The molecule has 1 aliphatic heterocycles. The summed E-state index contributed by atoms with van der Waals surface area (Å²) in [7, 11) is 0. The summed E-state index contributed by atoms with van der Waals surface area (Å²) in [5.74, 6) is 11.8. The SMILES string of the molecule is Cc1cc(-c2c[nH]c([C@H]3C[C@@H]4C[C@@H]4C3)n2)ccc1C#Cc1ccc(-c2c[nH]c([C@@H]3C[C@H]4C[C@H]4N3C(=O)OC(C)(C)C)n2)cc1C. The van der Waals surface area contributed by atoms with Crippen LogP contribution >= 0.6 is 0 Å². The Morgan fingerprint density at radius 2 is 1.38 bits per heavy atom. The Bertz CT molecular complexity index is 1860. The van der Waals surface area contributed by atoms with E-state index >= 15 is 0 Å². The largest absolute Gasteiger partial charge is 0.444 e. The molecule has 1 saturated heterocycles. The fourth-order valence-corrected chi connectivity index (χ4v) is 7.63. The van der Waals surface area contributed by atoms with Gasteiger partial charge in [0.1, 0.15) is 17.2 Å². The molecule has 7 nitrogen and oxygen atoms in total. The smallest absolute Gasteiger partial charge is 0.411 e. The molecule has 0 unspecified atom stereocenters. The van der Waals surface area contributed by atoms with Crippen LogP contribution in [0.15, 0.2) is 48.8 Å². The van der Waals surface area contributed by atoms with Gasteiger partial charge < -0.3 is 14.7 Å². The zero-order chi connectivity index (χ0) is 31.0. The highest BCUT2D eigenvalue weighted by Gasteiger charge is 2.56. The number of amides is 1. The van der Waals surface area contributed by atoms with Gasteiger partial charge in [-0.05, 0) is 120 Å². The molecule has 2 N–H and O–H groups in total. The molecule has 0 spiro atoms. The number of nitrogens with one attached hydrogen (secondary N) is 2. The molecule has 45 heavy (non-hydrogen) atoms. The van der Waals surface area contributed by atoms with Crippen molar-refractivity contribution in [3.8, 4) is 34.4 Å². The number of likely N-dealkylation sites (tertiary alicyclic amines) is 1. The van der Waals surface area contributed by atoms with Crippen molar-refractivity contribution in [2.75, 3.05) is 0 Å². The Labute approximate surface area is 265 Å². The zero-order valence-electron chi connectivity index (χ0n) is 26.8. The highest BCUT2D eigenvalue weighted by Crippen LogP contribution is 2.57. The highest BCUT2D eigenvalue weighted by molar-refractivity contribution is 5.71. The van der Waals surface area contributed by atoms with Crippen LogP contribution in [0.5, 0.6) is 0 Å². The fourth-order valence-electron chi connectivity index (χ4n) is 7.63. The molecule has 4 aliphatic rings. The average Bonchev–Trinajstić information content (AvgIpc) is 3.57. The van der Waals surface area contributed by atoms with Crippen molar-refractivity contribution in [1.82, 2.24) is 24.8 Å². The van der Waals surface area contributed by atoms with Gasteiger partial charge in [0.2, 0.25) is 0 Å². The maximum absolute atomic E-state index is 13.0. The Balaban J connectivity index is 0.958. The van der Waals surface area contributed by atoms with Crippen LogP contribution in [0.4, 0.5) is 4.79 Å². The molecule has 3 aliphatic carbocycles. The normalized spacial score (nSPS) is 26.2. The second kappa shape index (κ2) is 10.4. The molecule has 0 radical (unpaired) electrons. The topological polar surface area (TPSA) is 86.9 Å². The van der Waals surface area contributed by atoms with E-state index in [1.165, 1.54) is 19.3 Å². The third kappa shape index (κ3) is 5.45. The van der Waals surface area contributed by atoms with Crippen LogP contribution < -0.4 is 0 Å². The molecule has 1 amide bonds. The summed E-state index contributed by atoms with van der Waals surface area (Å²) >= 11 is 0. The number of aromatic nitrogens is 4. The van der Waals surface area contributed by atoms with Crippen molar-refractivity contribution in [2.24, 2.45) is 17.8 Å². The lowest BCUT2D eigenvalue weighted by atomic mass is 10.0. The first-order valence-corrected chi connectivity index (χ1v) is 16.5. The minimum atomic E-state index is -0.522. The van der Waals surface area contributed by atoms with Crippen molar-refractivity contribution < 1.29 is 9.53 Å². The molecule has 2 aromatic carbocycles. The number of carbonyl (C=O) groups excluding carboxylic acids is 1. The Morgan fingerprint density at radius 3 is 1.96 bits per heavy atom. The van der Waals surface area contributed by atoms with Crippen LogP contribution in [0.2, 0.25) is 0 Å². The second-order valence-corrected chi connectivity index (χ2v) is 14.8. The number of aromatic amines is 2. The first kappa shape index (κ1) is 28.2. The predicted octanol–water partition coefficient (Wildman–Crippen LogP) is 8.07.